The van der Waals surface area contributed by atoms with Crippen LogP contribution in [0, 0.1) is 5.92 Å². The van der Waals surface area contributed by atoms with Gasteiger partial charge in [-0.1, -0.05) is 47.5 Å². The molecule has 1 fully saturated rings. The summed E-state index contributed by atoms with van der Waals surface area (Å²) in [4.78, 5) is 0. The second-order valence-electron chi connectivity index (χ2n) is 4.63. The van der Waals surface area contributed by atoms with Crippen LogP contribution >= 0.6 is 15.9 Å². The number of hydrogen-bond donors (Lipinski definition) is 1. The van der Waals surface area contributed by atoms with Crippen molar-refractivity contribution in [2.24, 2.45) is 11.7 Å². The van der Waals surface area contributed by atoms with E-state index >= 15 is 0 Å². The number of nitrogens with two attached hydrogens (primary N) is 1. The summed E-state index contributed by atoms with van der Waals surface area (Å²) in [5.74, 6) is 0.574. The molecule has 0 spiro atoms. The molecule has 0 bridgehead atoms. The maximum atomic E-state index is 5.84. The van der Waals surface area contributed by atoms with E-state index in [2.05, 4.69) is 47.1 Å². The Labute approximate surface area is 100 Å². The molecule has 1 aromatic carbocycles. The molecule has 0 aliphatic heterocycles. The van der Waals surface area contributed by atoms with Gasteiger partial charge in [-0.3, -0.25) is 0 Å². The Kier molecular flexibility index (Phi) is 3.17. The van der Waals surface area contributed by atoms with Gasteiger partial charge in [0.2, 0.25) is 0 Å². The minimum atomic E-state index is 0.342. The molecule has 2 heteroatoms. The average Bonchev–Trinajstić information content (AvgIpc) is 2.19. The minimum absolute atomic E-state index is 0.342. The third-order valence-electron chi connectivity index (χ3n) is 3.95. The number of halogens is 1. The molecule has 2 rings (SSSR count). The Bertz CT molecular complexity index is 344. The molecule has 1 saturated carbocycles. The molecular formula is C13H18BrN. The van der Waals surface area contributed by atoms with Crippen molar-refractivity contribution in [1.29, 1.82) is 0 Å². The third kappa shape index (κ3) is 1.74. The topological polar surface area (TPSA) is 26.0 Å². The van der Waals surface area contributed by atoms with Crippen LogP contribution in [0.4, 0.5) is 0 Å². The summed E-state index contributed by atoms with van der Waals surface area (Å²) in [5, 5.41) is 0. The quantitative estimate of drug-likeness (QED) is 0.892. The van der Waals surface area contributed by atoms with Crippen LogP contribution in [0.1, 0.15) is 31.7 Å². The van der Waals surface area contributed by atoms with Gasteiger partial charge in [0, 0.05) is 9.89 Å². The molecular weight excluding hydrogens is 250 g/mol. The van der Waals surface area contributed by atoms with Crippen LogP contribution in [0.3, 0.4) is 0 Å². The van der Waals surface area contributed by atoms with Crippen LogP contribution in [0.2, 0.25) is 0 Å². The van der Waals surface area contributed by atoms with Crippen LogP contribution < -0.4 is 5.73 Å². The summed E-state index contributed by atoms with van der Waals surface area (Å²) >= 11 is 3.66. The molecule has 1 aliphatic carbocycles. The van der Waals surface area contributed by atoms with Crippen molar-refractivity contribution in [3.8, 4) is 0 Å². The van der Waals surface area contributed by atoms with Crippen molar-refractivity contribution >= 4 is 15.9 Å². The molecule has 0 aromatic heterocycles. The smallest absolute Gasteiger partial charge is 0.0213 e. The van der Waals surface area contributed by atoms with Crippen molar-refractivity contribution in [2.45, 2.75) is 31.6 Å². The highest BCUT2D eigenvalue weighted by Crippen LogP contribution is 2.50. The first kappa shape index (κ1) is 11.2. The summed E-state index contributed by atoms with van der Waals surface area (Å²) in [7, 11) is 0. The zero-order chi connectivity index (χ0) is 10.9. The van der Waals surface area contributed by atoms with Gasteiger partial charge in [-0.15, -0.1) is 0 Å². The van der Waals surface area contributed by atoms with Crippen LogP contribution in [0.5, 0.6) is 0 Å². The predicted molar refractivity (Wildman–Crippen MR) is 67.9 cm³/mol. The Morgan fingerprint density at radius 3 is 2.53 bits per heavy atom. The van der Waals surface area contributed by atoms with Crippen LogP contribution in [-0.4, -0.2) is 6.54 Å². The maximum Gasteiger partial charge on any atom is 0.0213 e. The van der Waals surface area contributed by atoms with Crippen LogP contribution in [0.15, 0.2) is 28.7 Å². The monoisotopic (exact) mass is 267 g/mol. The maximum absolute atomic E-state index is 5.84. The molecule has 0 amide bonds. The van der Waals surface area contributed by atoms with E-state index < -0.39 is 0 Å². The van der Waals surface area contributed by atoms with E-state index in [0.717, 1.165) is 6.54 Å². The molecule has 1 unspecified atom stereocenters. The van der Waals surface area contributed by atoms with Gasteiger partial charge in [-0.2, -0.15) is 0 Å². The van der Waals surface area contributed by atoms with Crippen molar-refractivity contribution in [1.82, 2.24) is 0 Å². The van der Waals surface area contributed by atoms with Gasteiger partial charge in [0.25, 0.3) is 0 Å². The van der Waals surface area contributed by atoms with E-state index in [0.29, 0.717) is 11.3 Å². The van der Waals surface area contributed by atoms with E-state index in [-0.39, 0.29) is 0 Å². The lowest BCUT2D eigenvalue weighted by Crippen LogP contribution is -2.43. The first-order chi connectivity index (χ1) is 7.20. The van der Waals surface area contributed by atoms with Crippen LogP contribution in [-0.2, 0) is 5.41 Å². The summed E-state index contributed by atoms with van der Waals surface area (Å²) in [6.45, 7) is 3.06. The van der Waals surface area contributed by atoms with Gasteiger partial charge < -0.3 is 5.73 Å². The van der Waals surface area contributed by atoms with Crippen LogP contribution in [0.25, 0.3) is 0 Å². The van der Waals surface area contributed by atoms with Gasteiger partial charge in [-0.25, -0.2) is 0 Å². The first-order valence-electron chi connectivity index (χ1n) is 5.66. The molecule has 1 aromatic rings. The summed E-state index contributed by atoms with van der Waals surface area (Å²) in [5.41, 5.74) is 7.63. The SMILES string of the molecule is CC(CN)C1(c2ccccc2Br)CCC1. The van der Waals surface area contributed by atoms with E-state index in [9.17, 15) is 0 Å². The fraction of sp³-hybridized carbons (Fsp3) is 0.538. The zero-order valence-corrected chi connectivity index (χ0v) is 10.8. The van der Waals surface area contributed by atoms with Crippen molar-refractivity contribution in [2.75, 3.05) is 6.54 Å². The average molecular weight is 268 g/mol. The second kappa shape index (κ2) is 4.26. The third-order valence-corrected chi connectivity index (χ3v) is 4.64. The summed E-state index contributed by atoms with van der Waals surface area (Å²) in [6.07, 6.45) is 3.91. The highest BCUT2D eigenvalue weighted by atomic mass is 79.9. The number of hydrogen-bond acceptors (Lipinski definition) is 1. The zero-order valence-electron chi connectivity index (χ0n) is 9.17. The number of rotatable bonds is 3. The molecule has 1 atom stereocenters. The van der Waals surface area contributed by atoms with E-state index in [1.54, 1.807) is 0 Å². The van der Waals surface area contributed by atoms with Gasteiger partial charge in [-0.05, 0) is 36.9 Å². The summed E-state index contributed by atoms with van der Waals surface area (Å²) < 4.78 is 1.24. The van der Waals surface area contributed by atoms with Gasteiger partial charge in [0.05, 0.1) is 0 Å². The lowest BCUT2D eigenvalue weighted by atomic mass is 9.58. The fourth-order valence-corrected chi connectivity index (χ4v) is 3.36. The normalized spacial score (nSPS) is 20.7. The molecule has 0 radical (unpaired) electrons. The Hall–Kier alpha value is -0.340. The Morgan fingerprint density at radius 1 is 1.40 bits per heavy atom. The largest absolute Gasteiger partial charge is 0.330 e. The van der Waals surface area contributed by atoms with Crippen molar-refractivity contribution in [3.63, 3.8) is 0 Å². The highest BCUT2D eigenvalue weighted by molar-refractivity contribution is 9.10. The van der Waals surface area contributed by atoms with Crippen molar-refractivity contribution in [3.05, 3.63) is 34.3 Å². The molecule has 82 valence electrons. The van der Waals surface area contributed by atoms with Gasteiger partial charge in [0.1, 0.15) is 0 Å². The lowest BCUT2D eigenvalue weighted by Gasteiger charge is -2.47. The number of benzene rings is 1. The molecule has 0 saturated heterocycles. The standard InChI is InChI=1S/C13H18BrN/c1-10(9-15)13(7-4-8-13)11-5-2-3-6-12(11)14/h2-3,5-6,10H,4,7-9,15H2,1H3. The van der Waals surface area contributed by atoms with Gasteiger partial charge in [0.15, 0.2) is 0 Å². The second-order valence-corrected chi connectivity index (χ2v) is 5.48. The van der Waals surface area contributed by atoms with Crippen molar-refractivity contribution < 1.29 is 0 Å². The first-order valence-corrected chi connectivity index (χ1v) is 6.45. The predicted octanol–water partition coefficient (Wildman–Crippen LogP) is 3.47. The lowest BCUT2D eigenvalue weighted by molar-refractivity contribution is 0.161. The Morgan fingerprint density at radius 2 is 2.07 bits per heavy atom. The van der Waals surface area contributed by atoms with E-state index in [4.69, 9.17) is 5.73 Å². The fourth-order valence-electron chi connectivity index (χ4n) is 2.68. The Balaban J connectivity index is 2.38. The van der Waals surface area contributed by atoms with Gasteiger partial charge >= 0.3 is 0 Å². The van der Waals surface area contributed by atoms with E-state index in [1.165, 1.54) is 29.3 Å². The molecule has 15 heavy (non-hydrogen) atoms. The molecule has 0 heterocycles. The van der Waals surface area contributed by atoms with E-state index in [1.807, 2.05) is 0 Å². The highest BCUT2D eigenvalue weighted by Gasteiger charge is 2.43. The molecule has 1 nitrogen and oxygen atoms in total. The molecule has 2 N–H and O–H groups in total. The summed E-state index contributed by atoms with van der Waals surface area (Å²) in [6, 6.07) is 8.59. The molecule has 1 aliphatic rings. The minimum Gasteiger partial charge on any atom is -0.330 e.